The molecule has 1 amide bonds. The van der Waals surface area contributed by atoms with Crippen molar-refractivity contribution >= 4 is 35.0 Å². The summed E-state index contributed by atoms with van der Waals surface area (Å²) in [6.07, 6.45) is 0.322. The highest BCUT2D eigenvalue weighted by Gasteiger charge is 2.15. The zero-order valence-corrected chi connectivity index (χ0v) is 13.9. The summed E-state index contributed by atoms with van der Waals surface area (Å²) < 4.78 is 11.5. The molecule has 6 heteroatoms. The summed E-state index contributed by atoms with van der Waals surface area (Å²) in [5.41, 5.74) is 0.0963. The van der Waals surface area contributed by atoms with Crippen molar-refractivity contribution in [3.8, 4) is 5.75 Å². The molecule has 1 N–H and O–H groups in total. The number of ether oxygens (including phenoxy) is 2. The third kappa shape index (κ3) is 6.23. The molecule has 0 fully saturated rings. The second-order valence-corrected chi connectivity index (χ2v) is 6.25. The van der Waals surface area contributed by atoms with Crippen molar-refractivity contribution in [2.24, 2.45) is 0 Å². The van der Waals surface area contributed by atoms with E-state index in [4.69, 9.17) is 9.47 Å². The van der Waals surface area contributed by atoms with Crippen LogP contribution < -0.4 is 10.1 Å². The molecule has 1 aromatic carbocycles. The van der Waals surface area contributed by atoms with E-state index in [1.807, 2.05) is 0 Å². The van der Waals surface area contributed by atoms with E-state index in [9.17, 15) is 9.59 Å². The monoisotopic (exact) mass is 391 g/mol. The predicted molar refractivity (Wildman–Crippen MR) is 84.3 cm³/mol. The van der Waals surface area contributed by atoms with Gasteiger partial charge in [0.1, 0.15) is 24.2 Å². The molecule has 0 bridgehead atoms. The van der Waals surface area contributed by atoms with Gasteiger partial charge in [-0.25, -0.2) is 4.79 Å². The predicted octanol–water partition coefficient (Wildman–Crippen LogP) is 3.01. The minimum Gasteiger partial charge on any atom is -0.491 e. The number of alkyl carbamates (subject to hydrolysis) is 1. The molecular formula is C14H18INO4. The number of carbonyl (C=O) groups excluding carboxylic acids is 2. The fourth-order valence-electron chi connectivity index (χ4n) is 1.34. The Hall–Kier alpha value is -1.31. The number of halogens is 1. The zero-order chi connectivity index (χ0) is 15.2. The van der Waals surface area contributed by atoms with Gasteiger partial charge in [0, 0.05) is 5.56 Å². The summed E-state index contributed by atoms with van der Waals surface area (Å²) in [7, 11) is 0. The van der Waals surface area contributed by atoms with E-state index in [0.717, 1.165) is 9.86 Å². The first-order valence-electron chi connectivity index (χ1n) is 6.16. The van der Waals surface area contributed by atoms with Crippen molar-refractivity contribution in [1.29, 1.82) is 0 Å². The largest absolute Gasteiger partial charge is 0.491 e. The van der Waals surface area contributed by atoms with Crippen LogP contribution >= 0.6 is 22.6 Å². The number of nitrogens with one attached hydrogen (secondary N) is 1. The zero-order valence-electron chi connectivity index (χ0n) is 11.7. The number of hydrogen-bond acceptors (Lipinski definition) is 4. The lowest BCUT2D eigenvalue weighted by atomic mass is 10.2. The Morgan fingerprint density at radius 2 is 2.10 bits per heavy atom. The molecule has 5 nitrogen and oxygen atoms in total. The van der Waals surface area contributed by atoms with Crippen LogP contribution in [0.25, 0.3) is 0 Å². The lowest BCUT2D eigenvalue weighted by molar-refractivity contribution is 0.0520. The van der Waals surface area contributed by atoms with E-state index in [1.165, 1.54) is 0 Å². The van der Waals surface area contributed by atoms with Crippen LogP contribution in [0.3, 0.4) is 0 Å². The van der Waals surface area contributed by atoms with Crippen LogP contribution in [0.1, 0.15) is 31.1 Å². The van der Waals surface area contributed by atoms with E-state index in [-0.39, 0.29) is 0 Å². The first-order valence-corrected chi connectivity index (χ1v) is 7.24. The third-order valence-electron chi connectivity index (χ3n) is 2.12. The molecule has 0 saturated heterocycles. The van der Waals surface area contributed by atoms with Gasteiger partial charge in [-0.3, -0.25) is 4.79 Å². The normalized spacial score (nSPS) is 10.8. The smallest absolute Gasteiger partial charge is 0.407 e. The average Bonchev–Trinajstić information content (AvgIpc) is 2.33. The maximum Gasteiger partial charge on any atom is 0.407 e. The quantitative estimate of drug-likeness (QED) is 0.476. The average molecular weight is 391 g/mol. The summed E-state index contributed by atoms with van der Waals surface area (Å²) in [5.74, 6) is 0.683. The van der Waals surface area contributed by atoms with Crippen molar-refractivity contribution in [2.75, 3.05) is 13.2 Å². The van der Waals surface area contributed by atoms with Crippen LogP contribution in [0.2, 0.25) is 0 Å². The molecule has 0 heterocycles. The molecular weight excluding hydrogens is 373 g/mol. The third-order valence-corrected chi connectivity index (χ3v) is 2.96. The van der Waals surface area contributed by atoms with Crippen LogP contribution in [0.4, 0.5) is 4.79 Å². The van der Waals surface area contributed by atoms with E-state index in [2.05, 4.69) is 27.9 Å². The second kappa shape index (κ2) is 7.47. The number of rotatable bonds is 5. The van der Waals surface area contributed by atoms with Gasteiger partial charge >= 0.3 is 6.09 Å². The first-order chi connectivity index (χ1) is 9.31. The van der Waals surface area contributed by atoms with Crippen molar-refractivity contribution in [1.82, 2.24) is 5.32 Å². The number of benzene rings is 1. The Kier molecular flexibility index (Phi) is 6.25. The van der Waals surface area contributed by atoms with Crippen LogP contribution in [0, 0.1) is 3.57 Å². The standard InChI is InChI=1S/C14H18INO4/c1-14(2,3)20-13(18)16-6-7-19-12-5-4-10(9-17)8-11(12)15/h4-5,8-9H,6-7H2,1-3H3,(H,16,18). The van der Waals surface area contributed by atoms with Crippen LogP contribution in [0.15, 0.2) is 18.2 Å². The van der Waals surface area contributed by atoms with E-state index >= 15 is 0 Å². The minimum atomic E-state index is -0.509. The van der Waals surface area contributed by atoms with Crippen molar-refractivity contribution in [3.05, 3.63) is 27.3 Å². The van der Waals surface area contributed by atoms with Gasteiger partial charge in [0.25, 0.3) is 0 Å². The molecule has 1 rings (SSSR count). The van der Waals surface area contributed by atoms with Crippen molar-refractivity contribution in [2.45, 2.75) is 26.4 Å². The lowest BCUT2D eigenvalue weighted by Crippen LogP contribution is -2.34. The minimum absolute atomic E-state index is 0.329. The van der Waals surface area contributed by atoms with E-state index < -0.39 is 11.7 Å². The number of aldehydes is 1. The number of amides is 1. The molecule has 0 aliphatic rings. The van der Waals surface area contributed by atoms with Gasteiger partial charge < -0.3 is 14.8 Å². The van der Waals surface area contributed by atoms with Crippen LogP contribution in [0.5, 0.6) is 5.75 Å². The van der Waals surface area contributed by atoms with Gasteiger partial charge in [-0.15, -0.1) is 0 Å². The first kappa shape index (κ1) is 16.7. The molecule has 0 atom stereocenters. The van der Waals surface area contributed by atoms with Gasteiger partial charge in [0.05, 0.1) is 10.1 Å². The Bertz CT molecular complexity index is 483. The SMILES string of the molecule is CC(C)(C)OC(=O)NCCOc1ccc(C=O)cc1I. The molecule has 0 radical (unpaired) electrons. The summed E-state index contributed by atoms with van der Waals surface area (Å²) in [6, 6.07) is 5.16. The van der Waals surface area contributed by atoms with Gasteiger partial charge in [-0.1, -0.05) is 0 Å². The molecule has 0 aromatic heterocycles. The fraction of sp³-hybridized carbons (Fsp3) is 0.429. The number of carbonyl (C=O) groups is 2. The Morgan fingerprint density at radius 3 is 2.65 bits per heavy atom. The summed E-state index contributed by atoms with van der Waals surface area (Å²) in [6.45, 7) is 6.09. The fourth-order valence-corrected chi connectivity index (χ4v) is 2.03. The number of hydrogen-bond donors (Lipinski definition) is 1. The van der Waals surface area contributed by atoms with Crippen LogP contribution in [-0.4, -0.2) is 31.1 Å². The van der Waals surface area contributed by atoms with Gasteiger partial charge in [-0.2, -0.15) is 0 Å². The topological polar surface area (TPSA) is 64.6 Å². The highest BCUT2D eigenvalue weighted by Crippen LogP contribution is 2.21. The van der Waals surface area contributed by atoms with Gasteiger partial charge in [-0.05, 0) is 61.6 Å². The Balaban J connectivity index is 2.34. The molecule has 1 aromatic rings. The molecule has 110 valence electrons. The second-order valence-electron chi connectivity index (χ2n) is 5.08. The summed E-state index contributed by atoms with van der Waals surface area (Å²) in [5, 5.41) is 2.61. The maximum absolute atomic E-state index is 11.4. The summed E-state index contributed by atoms with van der Waals surface area (Å²) in [4.78, 5) is 22.0. The van der Waals surface area contributed by atoms with E-state index in [0.29, 0.717) is 24.5 Å². The van der Waals surface area contributed by atoms with E-state index in [1.54, 1.807) is 39.0 Å². The van der Waals surface area contributed by atoms with Crippen molar-refractivity contribution < 1.29 is 19.1 Å². The molecule has 0 aliphatic heterocycles. The Morgan fingerprint density at radius 1 is 1.40 bits per heavy atom. The van der Waals surface area contributed by atoms with Crippen LogP contribution in [-0.2, 0) is 4.74 Å². The van der Waals surface area contributed by atoms with Crippen molar-refractivity contribution in [3.63, 3.8) is 0 Å². The molecule has 0 spiro atoms. The highest BCUT2D eigenvalue weighted by atomic mass is 127. The molecule has 0 aliphatic carbocycles. The molecule has 0 saturated carbocycles. The van der Waals surface area contributed by atoms with Gasteiger partial charge in [0.2, 0.25) is 0 Å². The maximum atomic E-state index is 11.4. The van der Waals surface area contributed by atoms with Gasteiger partial charge in [0.15, 0.2) is 0 Å². The summed E-state index contributed by atoms with van der Waals surface area (Å²) >= 11 is 2.10. The highest BCUT2D eigenvalue weighted by molar-refractivity contribution is 14.1. The molecule has 20 heavy (non-hydrogen) atoms. The Labute approximate surface area is 132 Å². The molecule has 0 unspecified atom stereocenters. The lowest BCUT2D eigenvalue weighted by Gasteiger charge is -2.19.